The molecule has 8 heteroatoms. The molecule has 1 amide bonds. The molecule has 1 rings (SSSR count). The molecule has 0 bridgehead atoms. The Bertz CT molecular complexity index is 560. The van der Waals surface area contributed by atoms with Crippen molar-refractivity contribution in [2.75, 3.05) is 40.9 Å². The number of ether oxygens (including phenoxy) is 2. The molecule has 0 aromatic heterocycles. The summed E-state index contributed by atoms with van der Waals surface area (Å²) in [5.41, 5.74) is -0.348. The lowest BCUT2D eigenvalue weighted by Crippen LogP contribution is -2.27. The topological polar surface area (TPSA) is 93.9 Å². The number of methoxy groups -OCH3 is 1. The lowest BCUT2D eigenvalue weighted by atomic mass is 10.1. The van der Waals surface area contributed by atoms with Crippen LogP contribution in [0.1, 0.15) is 23.7 Å². The number of carbonyl (C=O) groups is 1. The lowest BCUT2D eigenvalue weighted by Gasteiger charge is -2.13. The summed E-state index contributed by atoms with van der Waals surface area (Å²) in [5.74, 6) is 0.0285. The first-order valence-electron chi connectivity index (χ1n) is 7.32. The van der Waals surface area contributed by atoms with Gasteiger partial charge in [-0.25, -0.2) is 0 Å². The SMILES string of the molecule is CCOc1cc(C(=O)NCCCN(C)C)c([N+](=O)[O-])cc1OC. The van der Waals surface area contributed by atoms with E-state index in [0.717, 1.165) is 13.0 Å². The van der Waals surface area contributed by atoms with Crippen molar-refractivity contribution in [1.82, 2.24) is 10.2 Å². The van der Waals surface area contributed by atoms with Crippen LogP contribution in [-0.4, -0.2) is 56.6 Å². The van der Waals surface area contributed by atoms with Gasteiger partial charge in [0.15, 0.2) is 11.5 Å². The third kappa shape index (κ3) is 5.41. The van der Waals surface area contributed by atoms with E-state index in [2.05, 4.69) is 5.32 Å². The average molecular weight is 325 g/mol. The van der Waals surface area contributed by atoms with E-state index in [1.54, 1.807) is 6.92 Å². The Kier molecular flexibility index (Phi) is 7.27. The van der Waals surface area contributed by atoms with Crippen LogP contribution < -0.4 is 14.8 Å². The highest BCUT2D eigenvalue weighted by Crippen LogP contribution is 2.34. The van der Waals surface area contributed by atoms with Gasteiger partial charge < -0.3 is 19.7 Å². The van der Waals surface area contributed by atoms with Gasteiger partial charge in [-0.1, -0.05) is 0 Å². The first-order chi connectivity index (χ1) is 10.9. The van der Waals surface area contributed by atoms with Crippen molar-refractivity contribution < 1.29 is 19.2 Å². The van der Waals surface area contributed by atoms with E-state index in [1.165, 1.54) is 19.2 Å². The minimum absolute atomic E-state index is 0.0379. The van der Waals surface area contributed by atoms with Crippen LogP contribution >= 0.6 is 0 Å². The quantitative estimate of drug-likeness (QED) is 0.422. The van der Waals surface area contributed by atoms with E-state index in [1.807, 2.05) is 19.0 Å². The minimum atomic E-state index is -0.604. The van der Waals surface area contributed by atoms with Crippen molar-refractivity contribution >= 4 is 11.6 Å². The van der Waals surface area contributed by atoms with Gasteiger partial charge in [-0.15, -0.1) is 0 Å². The van der Waals surface area contributed by atoms with Gasteiger partial charge in [-0.05, 0) is 34.0 Å². The fourth-order valence-electron chi connectivity index (χ4n) is 2.00. The molecule has 0 spiro atoms. The number of nitrogens with zero attached hydrogens (tertiary/aromatic N) is 2. The fourth-order valence-corrected chi connectivity index (χ4v) is 2.00. The molecule has 1 aromatic carbocycles. The van der Waals surface area contributed by atoms with E-state index < -0.39 is 10.8 Å². The van der Waals surface area contributed by atoms with Crippen LogP contribution in [0, 0.1) is 10.1 Å². The van der Waals surface area contributed by atoms with Crippen LogP contribution in [0.15, 0.2) is 12.1 Å². The van der Waals surface area contributed by atoms with E-state index >= 15 is 0 Å². The number of rotatable bonds is 9. The Morgan fingerprint density at radius 2 is 2.04 bits per heavy atom. The molecule has 0 aliphatic heterocycles. The third-order valence-electron chi connectivity index (χ3n) is 3.09. The van der Waals surface area contributed by atoms with E-state index in [0.29, 0.717) is 18.9 Å². The first kappa shape index (κ1) is 18.7. The van der Waals surface area contributed by atoms with Gasteiger partial charge in [0, 0.05) is 12.6 Å². The van der Waals surface area contributed by atoms with Gasteiger partial charge in [0.05, 0.1) is 24.7 Å². The predicted molar refractivity (Wildman–Crippen MR) is 86.3 cm³/mol. The van der Waals surface area contributed by atoms with Crippen LogP contribution in [0.5, 0.6) is 11.5 Å². The van der Waals surface area contributed by atoms with Crippen molar-refractivity contribution in [1.29, 1.82) is 0 Å². The summed E-state index contributed by atoms with van der Waals surface area (Å²) < 4.78 is 10.5. The summed E-state index contributed by atoms with van der Waals surface area (Å²) in [6.45, 7) is 3.39. The van der Waals surface area contributed by atoms with Crippen LogP contribution in [-0.2, 0) is 0 Å². The van der Waals surface area contributed by atoms with Crippen molar-refractivity contribution in [3.05, 3.63) is 27.8 Å². The minimum Gasteiger partial charge on any atom is -0.493 e. The Morgan fingerprint density at radius 1 is 1.35 bits per heavy atom. The molecule has 0 fully saturated rings. The number of nitro benzene ring substituents is 1. The molecule has 1 N–H and O–H groups in total. The summed E-state index contributed by atoms with van der Waals surface area (Å²) in [6.07, 6.45) is 0.751. The van der Waals surface area contributed by atoms with Gasteiger partial charge in [0.25, 0.3) is 11.6 Å². The standard InChI is InChI=1S/C15H23N3O5/c1-5-23-14-9-11(12(18(20)21)10-13(14)22-4)15(19)16-7-6-8-17(2)3/h9-10H,5-8H2,1-4H3,(H,16,19). The van der Waals surface area contributed by atoms with Gasteiger partial charge in [-0.2, -0.15) is 0 Å². The zero-order chi connectivity index (χ0) is 17.4. The molecule has 0 saturated heterocycles. The normalized spacial score (nSPS) is 10.5. The molecule has 0 saturated carbocycles. The molecule has 128 valence electrons. The second kappa shape index (κ2) is 8.94. The Labute approximate surface area is 135 Å². The number of hydrogen-bond acceptors (Lipinski definition) is 6. The number of nitrogens with one attached hydrogen (secondary N) is 1. The Balaban J connectivity index is 2.99. The molecule has 0 heterocycles. The maximum atomic E-state index is 12.2. The van der Waals surface area contributed by atoms with E-state index in [9.17, 15) is 14.9 Å². The maximum absolute atomic E-state index is 12.2. The average Bonchev–Trinajstić information content (AvgIpc) is 2.50. The molecule has 0 atom stereocenters. The summed E-state index contributed by atoms with van der Waals surface area (Å²) in [6, 6.07) is 2.56. The van der Waals surface area contributed by atoms with Crippen LogP contribution in [0.2, 0.25) is 0 Å². The largest absolute Gasteiger partial charge is 0.493 e. The van der Waals surface area contributed by atoms with Gasteiger partial charge in [-0.3, -0.25) is 14.9 Å². The molecule has 23 heavy (non-hydrogen) atoms. The molecule has 0 aliphatic rings. The van der Waals surface area contributed by atoms with Crippen molar-refractivity contribution in [3.8, 4) is 11.5 Å². The zero-order valence-corrected chi connectivity index (χ0v) is 13.9. The van der Waals surface area contributed by atoms with Crippen molar-refractivity contribution in [3.63, 3.8) is 0 Å². The highest BCUT2D eigenvalue weighted by molar-refractivity contribution is 5.99. The van der Waals surface area contributed by atoms with Crippen LogP contribution in [0.25, 0.3) is 0 Å². The number of benzene rings is 1. The smallest absolute Gasteiger partial charge is 0.286 e. The number of carbonyl (C=O) groups excluding carboxylic acids is 1. The highest BCUT2D eigenvalue weighted by Gasteiger charge is 2.24. The lowest BCUT2D eigenvalue weighted by molar-refractivity contribution is -0.385. The molecule has 0 radical (unpaired) electrons. The fraction of sp³-hybridized carbons (Fsp3) is 0.533. The van der Waals surface area contributed by atoms with Crippen LogP contribution in [0.4, 0.5) is 5.69 Å². The molecule has 0 unspecified atom stereocenters. The number of nitro groups is 1. The van der Waals surface area contributed by atoms with Gasteiger partial charge in [0.2, 0.25) is 0 Å². The summed E-state index contributed by atoms with van der Waals surface area (Å²) in [5, 5.41) is 13.9. The molecular weight excluding hydrogens is 302 g/mol. The Hall–Kier alpha value is -2.35. The number of amides is 1. The highest BCUT2D eigenvalue weighted by atomic mass is 16.6. The summed E-state index contributed by atoms with van der Waals surface area (Å²) >= 11 is 0. The molecule has 1 aromatic rings. The first-order valence-corrected chi connectivity index (χ1v) is 7.32. The summed E-state index contributed by atoms with van der Waals surface area (Å²) in [4.78, 5) is 24.8. The molecule has 0 aliphatic carbocycles. The zero-order valence-electron chi connectivity index (χ0n) is 13.9. The second-order valence-corrected chi connectivity index (χ2v) is 5.12. The second-order valence-electron chi connectivity index (χ2n) is 5.12. The maximum Gasteiger partial charge on any atom is 0.286 e. The van der Waals surface area contributed by atoms with Gasteiger partial charge >= 0.3 is 0 Å². The predicted octanol–water partition coefficient (Wildman–Crippen LogP) is 1.68. The van der Waals surface area contributed by atoms with Crippen LogP contribution in [0.3, 0.4) is 0 Å². The van der Waals surface area contributed by atoms with Crippen molar-refractivity contribution in [2.24, 2.45) is 0 Å². The molecule has 8 nitrogen and oxygen atoms in total. The van der Waals surface area contributed by atoms with Gasteiger partial charge in [0.1, 0.15) is 5.56 Å². The number of hydrogen-bond donors (Lipinski definition) is 1. The van der Waals surface area contributed by atoms with E-state index in [4.69, 9.17) is 9.47 Å². The third-order valence-corrected chi connectivity index (χ3v) is 3.09. The summed E-state index contributed by atoms with van der Waals surface area (Å²) in [7, 11) is 5.26. The van der Waals surface area contributed by atoms with E-state index in [-0.39, 0.29) is 17.0 Å². The molecular formula is C15H23N3O5. The monoisotopic (exact) mass is 325 g/mol. The Morgan fingerprint density at radius 3 is 2.57 bits per heavy atom. The van der Waals surface area contributed by atoms with Crippen molar-refractivity contribution in [2.45, 2.75) is 13.3 Å².